The summed E-state index contributed by atoms with van der Waals surface area (Å²) in [6, 6.07) is 0. The Kier molecular flexibility index (Phi) is 1.33. The lowest BCUT2D eigenvalue weighted by molar-refractivity contribution is -0.141. The van der Waals surface area contributed by atoms with Gasteiger partial charge in [-0.2, -0.15) is 0 Å². The van der Waals surface area contributed by atoms with Crippen LogP contribution in [0.1, 0.15) is 44.9 Å². The molecule has 1 N–H and O–H groups in total. The van der Waals surface area contributed by atoms with Crippen molar-refractivity contribution >= 4 is 5.78 Å². The molecule has 0 amide bonds. The summed E-state index contributed by atoms with van der Waals surface area (Å²) in [5, 5.41) is 10.4. The largest absolute Gasteiger partial charge is 0.381 e. The van der Waals surface area contributed by atoms with Crippen molar-refractivity contribution in [3.8, 4) is 0 Å². The van der Waals surface area contributed by atoms with Gasteiger partial charge in [-0.1, -0.05) is 6.42 Å². The van der Waals surface area contributed by atoms with E-state index in [-0.39, 0.29) is 11.2 Å². The zero-order valence-electron chi connectivity index (χ0n) is 7.88. The lowest BCUT2D eigenvalue weighted by atomic mass is 9.73. The Morgan fingerprint density at radius 3 is 2.92 bits per heavy atom. The van der Waals surface area contributed by atoms with Crippen molar-refractivity contribution in [2.24, 2.45) is 11.3 Å². The fourth-order valence-corrected chi connectivity index (χ4v) is 4.24. The van der Waals surface area contributed by atoms with Gasteiger partial charge < -0.3 is 5.11 Å². The summed E-state index contributed by atoms with van der Waals surface area (Å²) in [6.45, 7) is 0. The van der Waals surface area contributed by atoms with Crippen LogP contribution in [0.2, 0.25) is 0 Å². The average molecular weight is 180 g/mol. The number of aliphatic hydroxyl groups is 1. The van der Waals surface area contributed by atoms with Crippen LogP contribution in [0.4, 0.5) is 0 Å². The van der Waals surface area contributed by atoms with Crippen molar-refractivity contribution in [3.63, 3.8) is 0 Å². The van der Waals surface area contributed by atoms with E-state index in [4.69, 9.17) is 0 Å². The second-order valence-electron chi connectivity index (χ2n) is 5.07. The van der Waals surface area contributed by atoms with Crippen LogP contribution in [0.5, 0.6) is 0 Å². The zero-order valence-corrected chi connectivity index (χ0v) is 7.88. The lowest BCUT2D eigenvalue weighted by Gasteiger charge is -2.34. The predicted octanol–water partition coefficient (Wildman–Crippen LogP) is 1.66. The molecule has 0 aromatic heterocycles. The molecule has 2 nitrogen and oxygen atoms in total. The molecule has 1 spiro atoms. The summed E-state index contributed by atoms with van der Waals surface area (Å²) in [4.78, 5) is 11.7. The summed E-state index contributed by atoms with van der Waals surface area (Å²) in [6.07, 6.45) is 6.99. The maximum absolute atomic E-state index is 11.7. The third-order valence-electron chi connectivity index (χ3n) is 4.89. The van der Waals surface area contributed by atoms with Crippen LogP contribution in [-0.4, -0.2) is 16.5 Å². The topological polar surface area (TPSA) is 37.3 Å². The van der Waals surface area contributed by atoms with Gasteiger partial charge in [-0.05, 0) is 38.0 Å². The van der Waals surface area contributed by atoms with Gasteiger partial charge in [-0.15, -0.1) is 0 Å². The number of Topliss-reactive ketones (excluding diaryl/α,β-unsaturated/α-hetero) is 1. The number of rotatable bonds is 0. The molecule has 0 saturated heterocycles. The molecular weight excluding hydrogens is 164 g/mol. The molecule has 3 atom stereocenters. The molecule has 0 aromatic rings. The van der Waals surface area contributed by atoms with Gasteiger partial charge in [-0.3, -0.25) is 4.79 Å². The van der Waals surface area contributed by atoms with Crippen LogP contribution in [0.3, 0.4) is 0 Å². The molecule has 0 unspecified atom stereocenters. The van der Waals surface area contributed by atoms with Crippen LogP contribution >= 0.6 is 0 Å². The molecule has 3 aliphatic carbocycles. The number of carbonyl (C=O) groups excluding carboxylic acids is 1. The third kappa shape index (κ3) is 0.687. The van der Waals surface area contributed by atoms with E-state index in [1.54, 1.807) is 0 Å². The van der Waals surface area contributed by atoms with E-state index >= 15 is 0 Å². The van der Waals surface area contributed by atoms with Gasteiger partial charge >= 0.3 is 0 Å². The molecule has 0 aromatic carbocycles. The maximum atomic E-state index is 11.7. The predicted molar refractivity (Wildman–Crippen MR) is 48.2 cm³/mol. The second-order valence-corrected chi connectivity index (χ2v) is 5.07. The number of hydrogen-bond acceptors (Lipinski definition) is 2. The average Bonchev–Trinajstić information content (AvgIpc) is 2.68. The van der Waals surface area contributed by atoms with E-state index in [0.717, 1.165) is 25.7 Å². The highest BCUT2D eigenvalue weighted by Gasteiger charge is 2.67. The van der Waals surface area contributed by atoms with E-state index in [0.29, 0.717) is 12.3 Å². The first-order valence-electron chi connectivity index (χ1n) is 5.45. The van der Waals surface area contributed by atoms with Crippen molar-refractivity contribution in [3.05, 3.63) is 0 Å². The first-order valence-corrected chi connectivity index (χ1v) is 5.45. The fraction of sp³-hybridized carbons (Fsp3) is 0.909. The summed E-state index contributed by atoms with van der Waals surface area (Å²) >= 11 is 0. The molecule has 13 heavy (non-hydrogen) atoms. The van der Waals surface area contributed by atoms with E-state index in [2.05, 4.69) is 0 Å². The molecular formula is C11H16O2. The molecule has 3 fully saturated rings. The van der Waals surface area contributed by atoms with Crippen LogP contribution in [0.25, 0.3) is 0 Å². The van der Waals surface area contributed by atoms with Gasteiger partial charge in [0.2, 0.25) is 0 Å². The first-order chi connectivity index (χ1) is 6.19. The minimum absolute atomic E-state index is 0.0318. The Labute approximate surface area is 78.3 Å². The molecule has 0 bridgehead atoms. The van der Waals surface area contributed by atoms with Crippen molar-refractivity contribution in [1.82, 2.24) is 0 Å². The number of carbonyl (C=O) groups is 1. The summed E-state index contributed by atoms with van der Waals surface area (Å²) in [5.74, 6) is 0.792. The Morgan fingerprint density at radius 2 is 2.08 bits per heavy atom. The van der Waals surface area contributed by atoms with E-state index in [1.165, 1.54) is 12.8 Å². The van der Waals surface area contributed by atoms with E-state index < -0.39 is 5.60 Å². The molecule has 0 heterocycles. The van der Waals surface area contributed by atoms with Crippen LogP contribution < -0.4 is 0 Å². The molecule has 3 saturated carbocycles. The van der Waals surface area contributed by atoms with Gasteiger partial charge in [0, 0.05) is 11.8 Å². The highest BCUT2D eigenvalue weighted by atomic mass is 16.3. The lowest BCUT2D eigenvalue weighted by Crippen LogP contribution is -2.44. The Hall–Kier alpha value is -0.370. The molecule has 3 rings (SSSR count). The number of hydrogen-bond donors (Lipinski definition) is 1. The van der Waals surface area contributed by atoms with Crippen LogP contribution in [-0.2, 0) is 4.79 Å². The van der Waals surface area contributed by atoms with Crippen molar-refractivity contribution in [2.45, 2.75) is 50.5 Å². The third-order valence-corrected chi connectivity index (χ3v) is 4.89. The van der Waals surface area contributed by atoms with Crippen LogP contribution in [0, 0.1) is 11.3 Å². The van der Waals surface area contributed by atoms with Crippen molar-refractivity contribution in [1.29, 1.82) is 0 Å². The van der Waals surface area contributed by atoms with Gasteiger partial charge in [0.1, 0.15) is 5.60 Å². The van der Waals surface area contributed by atoms with Gasteiger partial charge in [-0.25, -0.2) is 0 Å². The summed E-state index contributed by atoms with van der Waals surface area (Å²) in [7, 11) is 0. The zero-order chi connectivity index (χ0) is 9.10. The molecule has 0 radical (unpaired) electrons. The SMILES string of the molecule is O=C1CC[C@@]23CCC[C@@H]2CC[C@@]13O. The maximum Gasteiger partial charge on any atom is 0.164 e. The minimum atomic E-state index is -0.895. The van der Waals surface area contributed by atoms with Crippen LogP contribution in [0.15, 0.2) is 0 Å². The van der Waals surface area contributed by atoms with Gasteiger partial charge in [0.15, 0.2) is 5.78 Å². The molecule has 3 aliphatic rings. The van der Waals surface area contributed by atoms with Gasteiger partial charge in [0.05, 0.1) is 0 Å². The van der Waals surface area contributed by atoms with E-state index in [1.807, 2.05) is 0 Å². The van der Waals surface area contributed by atoms with Crippen molar-refractivity contribution in [2.75, 3.05) is 0 Å². The molecule has 2 heteroatoms. The van der Waals surface area contributed by atoms with Gasteiger partial charge in [0.25, 0.3) is 0 Å². The standard InChI is InChI=1S/C11H16O2/c12-9-4-6-10-5-1-2-8(10)3-7-11(9,10)13/h8,13H,1-7H2/t8-,10+,11-/m1/s1. The van der Waals surface area contributed by atoms with Crippen molar-refractivity contribution < 1.29 is 9.90 Å². The highest BCUT2D eigenvalue weighted by Crippen LogP contribution is 2.65. The second kappa shape index (κ2) is 2.17. The summed E-state index contributed by atoms with van der Waals surface area (Å²) in [5.41, 5.74) is -0.863. The Bertz CT molecular complexity index is 273. The normalized spacial score (nSPS) is 53.9. The quantitative estimate of drug-likeness (QED) is 0.615. The smallest absolute Gasteiger partial charge is 0.164 e. The van der Waals surface area contributed by atoms with E-state index in [9.17, 15) is 9.90 Å². The first kappa shape index (κ1) is 7.98. The monoisotopic (exact) mass is 180 g/mol. The highest BCUT2D eigenvalue weighted by molar-refractivity contribution is 5.91. The molecule has 72 valence electrons. The number of ketones is 1. The Morgan fingerprint density at radius 1 is 1.23 bits per heavy atom. The Balaban J connectivity index is 2.10. The summed E-state index contributed by atoms with van der Waals surface area (Å²) < 4.78 is 0. The molecule has 0 aliphatic heterocycles. The fourth-order valence-electron chi connectivity index (χ4n) is 4.24. The minimum Gasteiger partial charge on any atom is -0.381 e.